The third-order valence-electron chi connectivity index (χ3n) is 2.16. The molecule has 0 aliphatic heterocycles. The number of nitrogens with zero attached hydrogens (tertiary/aromatic N) is 3. The van der Waals surface area contributed by atoms with E-state index in [0.29, 0.717) is 11.0 Å². The summed E-state index contributed by atoms with van der Waals surface area (Å²) < 4.78 is 1.97. The number of hydrogen-bond donors (Lipinski definition) is 0. The van der Waals surface area contributed by atoms with Crippen LogP contribution in [0.25, 0.3) is 5.13 Å². The summed E-state index contributed by atoms with van der Waals surface area (Å²) in [6.45, 7) is 2.12. The molecular formula is C10H11Cl2N3S. The van der Waals surface area contributed by atoms with E-state index in [4.69, 9.17) is 23.2 Å². The van der Waals surface area contributed by atoms with Gasteiger partial charge in [0.05, 0.1) is 10.8 Å². The molecule has 2 rings (SSSR count). The van der Waals surface area contributed by atoms with Gasteiger partial charge in [-0.15, -0.1) is 11.6 Å². The first-order valence-electron chi connectivity index (χ1n) is 5.00. The highest BCUT2D eigenvalue weighted by Gasteiger charge is 2.12. The molecule has 0 spiro atoms. The lowest BCUT2D eigenvalue weighted by molar-refractivity contribution is 0.806. The van der Waals surface area contributed by atoms with Gasteiger partial charge in [0.1, 0.15) is 11.0 Å². The van der Waals surface area contributed by atoms with Crippen LogP contribution in [0.15, 0.2) is 12.4 Å². The van der Waals surface area contributed by atoms with Crippen LogP contribution in [0.2, 0.25) is 5.15 Å². The maximum atomic E-state index is 5.97. The van der Waals surface area contributed by atoms with E-state index in [1.165, 1.54) is 11.3 Å². The van der Waals surface area contributed by atoms with E-state index in [1.807, 2.05) is 10.8 Å². The van der Waals surface area contributed by atoms with Gasteiger partial charge in [-0.25, -0.2) is 9.97 Å². The van der Waals surface area contributed by atoms with Crippen LogP contribution in [-0.2, 0) is 12.3 Å². The SMILES string of the molecule is CCCc1nccn1-c1nc(Cl)c(CCl)s1. The minimum Gasteiger partial charge on any atom is -0.279 e. The Morgan fingerprint density at radius 1 is 1.50 bits per heavy atom. The summed E-state index contributed by atoms with van der Waals surface area (Å²) in [6, 6.07) is 0. The van der Waals surface area contributed by atoms with E-state index in [1.54, 1.807) is 6.20 Å². The summed E-state index contributed by atoms with van der Waals surface area (Å²) in [5.74, 6) is 1.41. The first-order valence-corrected chi connectivity index (χ1v) is 6.73. The molecule has 0 aromatic carbocycles. The number of thiazole rings is 1. The quantitative estimate of drug-likeness (QED) is 0.798. The summed E-state index contributed by atoms with van der Waals surface area (Å²) in [7, 11) is 0. The third kappa shape index (κ3) is 2.24. The smallest absolute Gasteiger partial charge is 0.196 e. The summed E-state index contributed by atoms with van der Waals surface area (Å²) in [5, 5.41) is 1.33. The Bertz CT molecular complexity index is 478. The topological polar surface area (TPSA) is 30.7 Å². The zero-order valence-corrected chi connectivity index (χ0v) is 11.1. The maximum Gasteiger partial charge on any atom is 0.196 e. The number of imidazole rings is 1. The summed E-state index contributed by atoms with van der Waals surface area (Å²) in [5.41, 5.74) is 0. The average molecular weight is 276 g/mol. The Labute approximate surface area is 108 Å². The average Bonchev–Trinajstić information content (AvgIpc) is 2.85. The fourth-order valence-corrected chi connectivity index (χ4v) is 2.90. The second kappa shape index (κ2) is 5.17. The lowest BCUT2D eigenvalue weighted by Gasteiger charge is -2.01. The Balaban J connectivity index is 2.38. The van der Waals surface area contributed by atoms with Crippen molar-refractivity contribution in [2.45, 2.75) is 25.6 Å². The Hall–Kier alpha value is -0.580. The molecule has 0 aliphatic rings. The minimum absolute atomic E-state index is 0.397. The van der Waals surface area contributed by atoms with Crippen LogP contribution in [0, 0.1) is 0 Å². The van der Waals surface area contributed by atoms with Gasteiger partial charge < -0.3 is 0 Å². The van der Waals surface area contributed by atoms with E-state index < -0.39 is 0 Å². The summed E-state index contributed by atoms with van der Waals surface area (Å²) in [4.78, 5) is 9.49. The van der Waals surface area contributed by atoms with E-state index in [9.17, 15) is 0 Å². The molecular weight excluding hydrogens is 265 g/mol. The highest BCUT2D eigenvalue weighted by atomic mass is 35.5. The Morgan fingerprint density at radius 3 is 2.94 bits per heavy atom. The van der Waals surface area contributed by atoms with Gasteiger partial charge in [-0.2, -0.15) is 0 Å². The van der Waals surface area contributed by atoms with E-state index in [0.717, 1.165) is 28.7 Å². The number of rotatable bonds is 4. The van der Waals surface area contributed by atoms with Crippen molar-refractivity contribution in [3.8, 4) is 5.13 Å². The van der Waals surface area contributed by atoms with Crippen molar-refractivity contribution in [3.05, 3.63) is 28.2 Å². The van der Waals surface area contributed by atoms with E-state index in [2.05, 4.69) is 16.9 Å². The Kier molecular flexibility index (Phi) is 3.84. The second-order valence-electron chi connectivity index (χ2n) is 3.31. The lowest BCUT2D eigenvalue weighted by Crippen LogP contribution is -1.99. The van der Waals surface area contributed by atoms with Gasteiger partial charge in [0.15, 0.2) is 5.13 Å². The van der Waals surface area contributed by atoms with Crippen molar-refractivity contribution in [2.75, 3.05) is 0 Å². The first-order chi connectivity index (χ1) is 7.76. The molecule has 6 heteroatoms. The normalized spacial score (nSPS) is 10.9. The second-order valence-corrected chi connectivity index (χ2v) is 4.99. The molecule has 2 aromatic rings. The van der Waals surface area contributed by atoms with Crippen molar-refractivity contribution in [3.63, 3.8) is 0 Å². The van der Waals surface area contributed by atoms with Crippen LogP contribution in [0.1, 0.15) is 24.0 Å². The van der Waals surface area contributed by atoms with Crippen molar-refractivity contribution in [1.29, 1.82) is 0 Å². The molecule has 86 valence electrons. The van der Waals surface area contributed by atoms with Crippen LogP contribution in [-0.4, -0.2) is 14.5 Å². The van der Waals surface area contributed by atoms with Crippen molar-refractivity contribution >= 4 is 34.5 Å². The molecule has 2 heterocycles. The van der Waals surface area contributed by atoms with E-state index >= 15 is 0 Å². The van der Waals surface area contributed by atoms with E-state index in [-0.39, 0.29) is 0 Å². The van der Waals surface area contributed by atoms with Crippen LogP contribution in [0.5, 0.6) is 0 Å². The number of aryl methyl sites for hydroxylation is 1. The summed E-state index contributed by atoms with van der Waals surface area (Å²) in [6.07, 6.45) is 5.66. The van der Waals surface area contributed by atoms with Gasteiger partial charge in [0.25, 0.3) is 0 Å². The molecule has 0 fully saturated rings. The highest BCUT2D eigenvalue weighted by Crippen LogP contribution is 2.27. The standard InChI is InChI=1S/C10H11Cl2N3S/c1-2-3-8-13-4-5-15(8)10-14-9(12)7(6-11)16-10/h4-5H,2-3,6H2,1H3. The van der Waals surface area contributed by atoms with Gasteiger partial charge in [-0.1, -0.05) is 29.9 Å². The lowest BCUT2D eigenvalue weighted by atomic mass is 10.3. The van der Waals surface area contributed by atoms with Crippen molar-refractivity contribution < 1.29 is 0 Å². The van der Waals surface area contributed by atoms with Gasteiger partial charge in [-0.3, -0.25) is 4.57 Å². The molecule has 3 nitrogen and oxygen atoms in total. The Morgan fingerprint density at radius 2 is 2.31 bits per heavy atom. The number of hydrogen-bond acceptors (Lipinski definition) is 3. The van der Waals surface area contributed by atoms with Crippen LogP contribution < -0.4 is 0 Å². The fraction of sp³-hybridized carbons (Fsp3) is 0.400. The van der Waals surface area contributed by atoms with Gasteiger partial charge in [-0.05, 0) is 6.42 Å². The highest BCUT2D eigenvalue weighted by molar-refractivity contribution is 7.14. The molecule has 0 atom stereocenters. The molecule has 0 radical (unpaired) electrons. The largest absolute Gasteiger partial charge is 0.279 e. The van der Waals surface area contributed by atoms with Crippen molar-refractivity contribution in [2.24, 2.45) is 0 Å². The van der Waals surface area contributed by atoms with Crippen LogP contribution in [0.3, 0.4) is 0 Å². The molecule has 0 unspecified atom stereocenters. The molecule has 0 N–H and O–H groups in total. The third-order valence-corrected chi connectivity index (χ3v) is 4.06. The number of alkyl halides is 1. The molecule has 0 bridgehead atoms. The van der Waals surface area contributed by atoms with Crippen LogP contribution in [0.4, 0.5) is 0 Å². The monoisotopic (exact) mass is 275 g/mol. The minimum atomic E-state index is 0.397. The number of aromatic nitrogens is 3. The first kappa shape index (κ1) is 11.9. The van der Waals surface area contributed by atoms with Crippen molar-refractivity contribution in [1.82, 2.24) is 14.5 Å². The predicted octanol–water partition coefficient (Wildman–Crippen LogP) is 3.67. The van der Waals surface area contributed by atoms with Gasteiger partial charge >= 0.3 is 0 Å². The molecule has 0 amide bonds. The van der Waals surface area contributed by atoms with Crippen LogP contribution >= 0.6 is 34.5 Å². The zero-order valence-electron chi connectivity index (χ0n) is 8.78. The summed E-state index contributed by atoms with van der Waals surface area (Å²) >= 11 is 13.2. The fourth-order valence-electron chi connectivity index (χ4n) is 1.42. The molecule has 2 aromatic heterocycles. The zero-order chi connectivity index (χ0) is 11.5. The maximum absolute atomic E-state index is 5.97. The predicted molar refractivity (Wildman–Crippen MR) is 67.8 cm³/mol. The molecule has 0 saturated heterocycles. The van der Waals surface area contributed by atoms with Gasteiger partial charge in [0, 0.05) is 18.8 Å². The number of halogens is 2. The molecule has 0 aliphatic carbocycles. The van der Waals surface area contributed by atoms with Gasteiger partial charge in [0.2, 0.25) is 0 Å². The molecule has 16 heavy (non-hydrogen) atoms. The molecule has 0 saturated carbocycles.